The number of H-pyrrole nitrogens is 1. The average Bonchev–Trinajstić information content (AvgIpc) is 3.18. The predicted octanol–water partition coefficient (Wildman–Crippen LogP) is 3.32. The van der Waals surface area contributed by atoms with E-state index >= 15 is 0 Å². The van der Waals surface area contributed by atoms with Gasteiger partial charge in [0.05, 0.1) is 6.26 Å². The first-order valence-corrected chi connectivity index (χ1v) is 8.66. The van der Waals surface area contributed by atoms with Gasteiger partial charge in [-0.1, -0.05) is 0 Å². The Morgan fingerprint density at radius 3 is 2.70 bits per heavy atom. The molecule has 2 saturated heterocycles. The van der Waals surface area contributed by atoms with Crippen LogP contribution in [0, 0.1) is 17.8 Å². The highest BCUT2D eigenvalue weighted by Gasteiger charge is 2.44. The first-order chi connectivity index (χ1) is 11.3. The Morgan fingerprint density at radius 2 is 1.96 bits per heavy atom. The number of hydrogen-bond acceptors (Lipinski definition) is 3. The Morgan fingerprint density at radius 1 is 1.17 bits per heavy atom. The van der Waals surface area contributed by atoms with Crippen molar-refractivity contribution in [3.8, 4) is 11.5 Å². The van der Waals surface area contributed by atoms with E-state index in [4.69, 9.17) is 4.42 Å². The maximum Gasteiger partial charge on any atom is 0.274 e. The molecule has 5 heteroatoms. The summed E-state index contributed by atoms with van der Waals surface area (Å²) in [6.45, 7) is 0.916. The van der Waals surface area contributed by atoms with Gasteiger partial charge in [-0.15, -0.1) is 0 Å². The van der Waals surface area contributed by atoms with E-state index in [0.29, 0.717) is 23.4 Å². The van der Waals surface area contributed by atoms with Gasteiger partial charge in [0.2, 0.25) is 0 Å². The number of nitrogens with one attached hydrogen (secondary N) is 1. The Bertz CT molecular complexity index is 706. The lowest BCUT2D eigenvalue weighted by atomic mass is 9.68. The third-order valence-corrected chi connectivity index (χ3v) is 5.95. The van der Waals surface area contributed by atoms with E-state index in [1.807, 2.05) is 18.2 Å². The minimum Gasteiger partial charge on any atom is -0.463 e. The highest BCUT2D eigenvalue weighted by Crippen LogP contribution is 2.47. The number of amides is 1. The van der Waals surface area contributed by atoms with Crippen LogP contribution in [0.4, 0.5) is 0 Å². The molecule has 4 fully saturated rings. The van der Waals surface area contributed by atoms with Gasteiger partial charge in [-0.25, -0.2) is 0 Å². The number of aromatic nitrogens is 2. The Hall–Kier alpha value is -2.04. The molecule has 2 aromatic rings. The Balaban J connectivity index is 1.42. The number of carbonyl (C=O) groups excluding carboxylic acids is 1. The number of furan rings is 1. The second-order valence-corrected chi connectivity index (χ2v) is 7.53. The van der Waals surface area contributed by atoms with Gasteiger partial charge in [0.25, 0.3) is 5.91 Å². The van der Waals surface area contributed by atoms with Gasteiger partial charge in [-0.05, 0) is 62.0 Å². The zero-order valence-corrected chi connectivity index (χ0v) is 13.1. The molecule has 2 aliphatic heterocycles. The van der Waals surface area contributed by atoms with Gasteiger partial charge in [-0.2, -0.15) is 5.10 Å². The largest absolute Gasteiger partial charge is 0.463 e. The van der Waals surface area contributed by atoms with E-state index in [2.05, 4.69) is 15.1 Å². The molecule has 2 unspecified atom stereocenters. The van der Waals surface area contributed by atoms with Crippen molar-refractivity contribution in [3.63, 3.8) is 0 Å². The van der Waals surface area contributed by atoms with Crippen molar-refractivity contribution in [3.05, 3.63) is 30.2 Å². The lowest BCUT2D eigenvalue weighted by Crippen LogP contribution is -2.42. The van der Waals surface area contributed by atoms with Gasteiger partial charge in [0.1, 0.15) is 5.69 Å². The summed E-state index contributed by atoms with van der Waals surface area (Å²) < 4.78 is 5.37. The van der Waals surface area contributed by atoms with Crippen LogP contribution in [0.15, 0.2) is 28.9 Å². The van der Waals surface area contributed by atoms with Crippen molar-refractivity contribution in [1.82, 2.24) is 15.1 Å². The SMILES string of the molecule is O=C(c1cc(-c2ccco2)[nH]n1)N1CC2CC3CC(C2)CC1C3. The molecular formula is C18H21N3O2. The summed E-state index contributed by atoms with van der Waals surface area (Å²) in [5.74, 6) is 3.17. The molecule has 1 N–H and O–H groups in total. The zero-order chi connectivity index (χ0) is 15.4. The second kappa shape index (κ2) is 4.98. The number of hydrogen-bond donors (Lipinski definition) is 1. The molecule has 2 aliphatic carbocycles. The topological polar surface area (TPSA) is 62.1 Å². The fourth-order valence-corrected chi connectivity index (χ4v) is 5.17. The molecule has 4 aliphatic rings. The highest BCUT2D eigenvalue weighted by molar-refractivity contribution is 5.93. The van der Waals surface area contributed by atoms with E-state index in [1.165, 1.54) is 32.1 Å². The molecule has 5 nitrogen and oxygen atoms in total. The molecule has 2 atom stereocenters. The van der Waals surface area contributed by atoms with E-state index in [1.54, 1.807) is 6.26 Å². The Kier molecular flexibility index (Phi) is 2.90. The van der Waals surface area contributed by atoms with Gasteiger partial charge >= 0.3 is 0 Å². The van der Waals surface area contributed by atoms with Crippen LogP contribution in [0.3, 0.4) is 0 Å². The molecular weight excluding hydrogens is 290 g/mol. The van der Waals surface area contributed by atoms with Crippen molar-refractivity contribution in [2.45, 2.75) is 38.1 Å². The first-order valence-electron chi connectivity index (χ1n) is 8.66. The molecule has 2 aromatic heterocycles. The minimum absolute atomic E-state index is 0.0808. The average molecular weight is 311 g/mol. The summed E-state index contributed by atoms with van der Waals surface area (Å²) in [6.07, 6.45) is 8.02. The fourth-order valence-electron chi connectivity index (χ4n) is 5.17. The van der Waals surface area contributed by atoms with E-state index in [9.17, 15) is 4.79 Å². The summed E-state index contributed by atoms with van der Waals surface area (Å²) in [5.41, 5.74) is 1.27. The van der Waals surface area contributed by atoms with E-state index < -0.39 is 0 Å². The molecule has 4 heterocycles. The summed E-state index contributed by atoms with van der Waals surface area (Å²) in [5, 5.41) is 7.18. The lowest BCUT2D eigenvalue weighted by Gasteiger charge is -2.38. The zero-order valence-electron chi connectivity index (χ0n) is 13.1. The molecule has 0 aromatic carbocycles. The van der Waals surface area contributed by atoms with E-state index in [0.717, 1.165) is 24.1 Å². The monoisotopic (exact) mass is 311 g/mol. The van der Waals surface area contributed by atoms with Crippen molar-refractivity contribution >= 4 is 5.91 Å². The molecule has 1 amide bonds. The maximum atomic E-state index is 13.0. The molecule has 0 spiro atoms. The maximum absolute atomic E-state index is 13.0. The molecule has 2 saturated carbocycles. The number of aromatic amines is 1. The predicted molar refractivity (Wildman–Crippen MR) is 84.7 cm³/mol. The normalized spacial score (nSPS) is 32.3. The molecule has 4 bridgehead atoms. The first kappa shape index (κ1) is 13.4. The molecule has 23 heavy (non-hydrogen) atoms. The van der Waals surface area contributed by atoms with Crippen LogP contribution in [0.25, 0.3) is 11.5 Å². The summed E-state index contributed by atoms with van der Waals surface area (Å²) >= 11 is 0. The van der Waals surface area contributed by atoms with Crippen LogP contribution >= 0.6 is 0 Å². The van der Waals surface area contributed by atoms with Gasteiger partial charge in [0, 0.05) is 18.7 Å². The van der Waals surface area contributed by atoms with Gasteiger partial charge in [-0.3, -0.25) is 9.89 Å². The van der Waals surface area contributed by atoms with Crippen LogP contribution in [0.5, 0.6) is 0 Å². The van der Waals surface area contributed by atoms with Crippen LogP contribution in [0.2, 0.25) is 0 Å². The van der Waals surface area contributed by atoms with Crippen molar-refractivity contribution < 1.29 is 9.21 Å². The van der Waals surface area contributed by atoms with Crippen LogP contribution < -0.4 is 0 Å². The van der Waals surface area contributed by atoms with Gasteiger partial charge in [0.15, 0.2) is 11.5 Å². The molecule has 6 rings (SSSR count). The summed E-state index contributed by atoms with van der Waals surface area (Å²) in [4.78, 5) is 15.1. The van der Waals surface area contributed by atoms with E-state index in [-0.39, 0.29) is 5.91 Å². The second-order valence-electron chi connectivity index (χ2n) is 7.53. The minimum atomic E-state index is 0.0808. The summed E-state index contributed by atoms with van der Waals surface area (Å²) in [6, 6.07) is 5.94. The summed E-state index contributed by atoms with van der Waals surface area (Å²) in [7, 11) is 0. The van der Waals surface area contributed by atoms with Crippen molar-refractivity contribution in [1.29, 1.82) is 0 Å². The van der Waals surface area contributed by atoms with Crippen LogP contribution in [-0.2, 0) is 0 Å². The number of carbonyl (C=O) groups is 1. The smallest absolute Gasteiger partial charge is 0.274 e. The molecule has 0 radical (unpaired) electrons. The van der Waals surface area contributed by atoms with Crippen molar-refractivity contribution in [2.75, 3.05) is 6.54 Å². The van der Waals surface area contributed by atoms with Crippen LogP contribution in [0.1, 0.15) is 42.6 Å². The quantitative estimate of drug-likeness (QED) is 0.925. The Labute approximate surface area is 135 Å². The third-order valence-electron chi connectivity index (χ3n) is 5.95. The van der Waals surface area contributed by atoms with Crippen LogP contribution in [-0.4, -0.2) is 33.6 Å². The lowest BCUT2D eigenvalue weighted by molar-refractivity contribution is 0.0627. The number of nitrogens with zero attached hydrogens (tertiary/aromatic N) is 2. The standard InChI is InChI=1S/C18H21N3O2/c22-18(16-9-15(19-20-16)17-2-1-3-23-17)21-10-13-5-11-4-12(6-13)8-14(21)7-11/h1-3,9,11-14H,4-8,10H2,(H,19,20). The number of rotatable bonds is 2. The fraction of sp³-hybridized carbons (Fsp3) is 0.556. The van der Waals surface area contributed by atoms with Crippen molar-refractivity contribution in [2.24, 2.45) is 17.8 Å². The highest BCUT2D eigenvalue weighted by atomic mass is 16.3. The molecule has 120 valence electrons. The number of fused-ring (bicyclic) bond motifs is 1. The third kappa shape index (κ3) is 2.21. The van der Waals surface area contributed by atoms with Gasteiger partial charge < -0.3 is 9.32 Å².